The third-order valence-corrected chi connectivity index (χ3v) is 5.77. The van der Waals surface area contributed by atoms with E-state index in [0.29, 0.717) is 18.6 Å². The van der Waals surface area contributed by atoms with Gasteiger partial charge in [-0.15, -0.1) is 0 Å². The average Bonchev–Trinajstić information content (AvgIpc) is 3.34. The molecule has 5 nitrogen and oxygen atoms in total. The number of esters is 2. The van der Waals surface area contributed by atoms with Gasteiger partial charge in [0.2, 0.25) is 0 Å². The Morgan fingerprint density at radius 1 is 1.42 bits per heavy atom. The van der Waals surface area contributed by atoms with Crippen molar-refractivity contribution in [3.05, 3.63) is 23.8 Å². The monoisotopic (exact) mass is 364 g/mol. The summed E-state index contributed by atoms with van der Waals surface area (Å²) in [6, 6.07) is 0. The van der Waals surface area contributed by atoms with E-state index in [1.165, 1.54) is 7.11 Å². The number of epoxide rings is 1. The zero-order valence-corrected chi connectivity index (χ0v) is 16.5. The topological polar surface area (TPSA) is 65.1 Å². The first-order valence-electron chi connectivity index (χ1n) is 9.60. The summed E-state index contributed by atoms with van der Waals surface area (Å²) in [6.45, 7) is 10.3. The van der Waals surface area contributed by atoms with Crippen molar-refractivity contribution in [3.63, 3.8) is 0 Å². The van der Waals surface area contributed by atoms with Crippen LogP contribution in [0, 0.1) is 11.8 Å². The van der Waals surface area contributed by atoms with Gasteiger partial charge in [0.05, 0.1) is 19.1 Å². The highest BCUT2D eigenvalue weighted by Crippen LogP contribution is 2.46. The predicted octanol–water partition coefficient (Wildman–Crippen LogP) is 3.97. The van der Waals surface area contributed by atoms with E-state index in [1.54, 1.807) is 0 Å². The smallest absolute Gasteiger partial charge is 0.333 e. The number of carbonyl (C=O) groups is 2. The Morgan fingerprint density at radius 3 is 2.77 bits per heavy atom. The van der Waals surface area contributed by atoms with Gasteiger partial charge in [-0.3, -0.25) is 4.79 Å². The Balaban J connectivity index is 2.08. The number of methoxy groups -OCH3 is 1. The van der Waals surface area contributed by atoms with Gasteiger partial charge in [-0.2, -0.15) is 0 Å². The minimum Gasteiger partial charge on any atom is -0.466 e. The molecule has 4 unspecified atom stereocenters. The zero-order valence-electron chi connectivity index (χ0n) is 16.5. The standard InChI is InChI=1S/C21H32O5/c1-6-15(4)19(22)25-13-21-12-11-16(14(2)3)7-8-17(20(23)24-5)9-10-18(21)26-21/h8,15-16,18H,2,6-7,9-13H2,1,3-5H3. The largest absolute Gasteiger partial charge is 0.466 e. The lowest BCUT2D eigenvalue weighted by Gasteiger charge is -2.21. The highest BCUT2D eigenvalue weighted by atomic mass is 16.6. The molecule has 0 radical (unpaired) electrons. The second-order valence-electron chi connectivity index (χ2n) is 7.67. The Morgan fingerprint density at radius 2 is 2.15 bits per heavy atom. The van der Waals surface area contributed by atoms with Crippen LogP contribution in [0.3, 0.4) is 0 Å². The normalized spacial score (nSPS) is 29.6. The molecule has 4 atom stereocenters. The molecule has 1 aliphatic carbocycles. The lowest BCUT2D eigenvalue weighted by atomic mass is 9.85. The number of fused-ring (bicyclic) bond motifs is 1. The molecule has 26 heavy (non-hydrogen) atoms. The first kappa shape index (κ1) is 20.7. The SMILES string of the molecule is C=C(C)C1CC=C(C(=O)OC)CCC2OC2(COC(=O)C(C)CC)CC1. The van der Waals surface area contributed by atoms with Gasteiger partial charge >= 0.3 is 11.9 Å². The molecule has 0 bridgehead atoms. The van der Waals surface area contributed by atoms with E-state index in [9.17, 15) is 9.59 Å². The van der Waals surface area contributed by atoms with Crippen LogP contribution in [0.5, 0.6) is 0 Å². The minimum absolute atomic E-state index is 0.0177. The van der Waals surface area contributed by atoms with Gasteiger partial charge in [-0.05, 0) is 51.4 Å². The minimum atomic E-state index is -0.407. The van der Waals surface area contributed by atoms with Crippen molar-refractivity contribution in [1.29, 1.82) is 0 Å². The summed E-state index contributed by atoms with van der Waals surface area (Å²) in [4.78, 5) is 24.1. The van der Waals surface area contributed by atoms with Crippen LogP contribution in [-0.4, -0.2) is 37.4 Å². The van der Waals surface area contributed by atoms with Crippen LogP contribution in [0.15, 0.2) is 23.8 Å². The lowest BCUT2D eigenvalue weighted by molar-refractivity contribution is -0.150. The van der Waals surface area contributed by atoms with Crippen molar-refractivity contribution in [2.75, 3.05) is 13.7 Å². The van der Waals surface area contributed by atoms with E-state index in [2.05, 4.69) is 6.58 Å². The Bertz CT molecular complexity index is 579. The lowest BCUT2D eigenvalue weighted by Crippen LogP contribution is -2.28. The fourth-order valence-electron chi connectivity index (χ4n) is 3.47. The van der Waals surface area contributed by atoms with Gasteiger partial charge < -0.3 is 14.2 Å². The van der Waals surface area contributed by atoms with E-state index >= 15 is 0 Å². The predicted molar refractivity (Wildman–Crippen MR) is 99.5 cm³/mol. The summed E-state index contributed by atoms with van der Waals surface area (Å²) in [5.41, 5.74) is 1.38. The van der Waals surface area contributed by atoms with Crippen LogP contribution < -0.4 is 0 Å². The molecule has 1 fully saturated rings. The molecule has 1 aliphatic heterocycles. The fourth-order valence-corrected chi connectivity index (χ4v) is 3.47. The molecule has 2 rings (SSSR count). The maximum Gasteiger partial charge on any atom is 0.333 e. The second kappa shape index (κ2) is 8.85. The summed E-state index contributed by atoms with van der Waals surface area (Å²) in [7, 11) is 1.41. The Kier molecular flexibility index (Phi) is 7.04. The summed E-state index contributed by atoms with van der Waals surface area (Å²) in [5.74, 6) is -0.264. The number of allylic oxidation sites excluding steroid dienone is 2. The van der Waals surface area contributed by atoms with Crippen molar-refractivity contribution in [1.82, 2.24) is 0 Å². The zero-order chi connectivity index (χ0) is 19.3. The molecule has 0 saturated carbocycles. The molecular formula is C21H32O5. The third-order valence-electron chi connectivity index (χ3n) is 5.77. The van der Waals surface area contributed by atoms with E-state index in [4.69, 9.17) is 14.2 Å². The number of hydrogen-bond donors (Lipinski definition) is 0. The molecule has 0 aromatic carbocycles. The van der Waals surface area contributed by atoms with Crippen LogP contribution >= 0.6 is 0 Å². The highest BCUT2D eigenvalue weighted by molar-refractivity contribution is 5.88. The molecule has 2 aliphatic rings. The van der Waals surface area contributed by atoms with Gasteiger partial charge in [-0.1, -0.05) is 32.1 Å². The van der Waals surface area contributed by atoms with E-state index in [1.807, 2.05) is 26.8 Å². The summed E-state index contributed by atoms with van der Waals surface area (Å²) in [6.07, 6.45) is 6.63. The van der Waals surface area contributed by atoms with Gasteiger partial charge in [0, 0.05) is 5.57 Å². The molecule has 0 aromatic heterocycles. The van der Waals surface area contributed by atoms with Crippen LogP contribution in [0.2, 0.25) is 0 Å². The van der Waals surface area contributed by atoms with E-state index < -0.39 is 5.60 Å². The Labute approximate surface area is 156 Å². The quantitative estimate of drug-likeness (QED) is 0.405. The molecule has 1 heterocycles. The second-order valence-corrected chi connectivity index (χ2v) is 7.67. The molecule has 146 valence electrons. The average molecular weight is 364 g/mol. The van der Waals surface area contributed by atoms with Crippen molar-refractivity contribution < 1.29 is 23.8 Å². The first-order chi connectivity index (χ1) is 12.3. The van der Waals surface area contributed by atoms with Crippen LogP contribution in [0.1, 0.15) is 59.3 Å². The van der Waals surface area contributed by atoms with Crippen molar-refractivity contribution in [2.45, 2.75) is 71.0 Å². The fraction of sp³-hybridized carbons (Fsp3) is 0.714. The maximum atomic E-state index is 12.0. The summed E-state index contributed by atoms with van der Waals surface area (Å²) in [5, 5.41) is 0. The molecular weight excluding hydrogens is 332 g/mol. The Hall–Kier alpha value is -1.62. The summed E-state index contributed by atoms with van der Waals surface area (Å²) < 4.78 is 16.5. The molecule has 5 heteroatoms. The molecule has 0 aromatic rings. The van der Waals surface area contributed by atoms with Gasteiger partial charge in [0.15, 0.2) is 0 Å². The van der Waals surface area contributed by atoms with Crippen molar-refractivity contribution in [3.8, 4) is 0 Å². The molecule has 0 amide bonds. The van der Waals surface area contributed by atoms with Crippen molar-refractivity contribution >= 4 is 11.9 Å². The summed E-state index contributed by atoms with van der Waals surface area (Å²) >= 11 is 0. The number of rotatable bonds is 6. The van der Waals surface area contributed by atoms with E-state index in [-0.39, 0.29) is 29.9 Å². The van der Waals surface area contributed by atoms with Crippen LogP contribution in [-0.2, 0) is 23.8 Å². The van der Waals surface area contributed by atoms with Crippen LogP contribution in [0.4, 0.5) is 0 Å². The maximum absolute atomic E-state index is 12.0. The third kappa shape index (κ3) is 4.97. The number of carbonyl (C=O) groups excluding carboxylic acids is 2. The molecule has 0 spiro atoms. The number of ether oxygens (including phenoxy) is 3. The highest BCUT2D eigenvalue weighted by Gasteiger charge is 2.56. The van der Waals surface area contributed by atoms with Crippen LogP contribution in [0.25, 0.3) is 0 Å². The van der Waals surface area contributed by atoms with Gasteiger partial charge in [0.25, 0.3) is 0 Å². The first-order valence-corrected chi connectivity index (χ1v) is 9.60. The van der Waals surface area contributed by atoms with Gasteiger partial charge in [-0.25, -0.2) is 4.79 Å². The van der Waals surface area contributed by atoms with Crippen molar-refractivity contribution in [2.24, 2.45) is 11.8 Å². The van der Waals surface area contributed by atoms with E-state index in [0.717, 1.165) is 37.7 Å². The molecule has 0 N–H and O–H groups in total. The molecule has 1 saturated heterocycles. The van der Waals surface area contributed by atoms with Gasteiger partial charge in [0.1, 0.15) is 12.2 Å². The number of hydrogen-bond acceptors (Lipinski definition) is 5.